The molecule has 0 aliphatic carbocycles. The van der Waals surface area contributed by atoms with Crippen molar-refractivity contribution in [3.63, 3.8) is 0 Å². The van der Waals surface area contributed by atoms with E-state index in [1.807, 2.05) is 25.3 Å². The summed E-state index contributed by atoms with van der Waals surface area (Å²) < 4.78 is 5.13. The summed E-state index contributed by atoms with van der Waals surface area (Å²) in [6.07, 6.45) is 1.81. The Morgan fingerprint density at radius 3 is 3.00 bits per heavy atom. The molecule has 1 unspecified atom stereocenters. The Morgan fingerprint density at radius 1 is 1.64 bits per heavy atom. The van der Waals surface area contributed by atoms with Gasteiger partial charge in [0.05, 0.1) is 18.5 Å². The van der Waals surface area contributed by atoms with Crippen LogP contribution in [0.25, 0.3) is 0 Å². The second-order valence-electron chi connectivity index (χ2n) is 3.46. The minimum Gasteiger partial charge on any atom is -0.379 e. The Bertz CT molecular complexity index is 313. The normalized spacial score (nSPS) is 19.0. The minimum absolute atomic E-state index is 0.0483. The van der Waals surface area contributed by atoms with Crippen LogP contribution in [-0.2, 0) is 4.74 Å². The Labute approximate surface area is 88.0 Å². The molecule has 0 bridgehead atoms. The van der Waals surface area contributed by atoms with E-state index in [9.17, 15) is 0 Å². The van der Waals surface area contributed by atoms with Crippen LogP contribution in [0.5, 0.6) is 0 Å². The van der Waals surface area contributed by atoms with Crippen LogP contribution in [0.1, 0.15) is 18.5 Å². The summed E-state index contributed by atoms with van der Waals surface area (Å²) in [7, 11) is 0. The van der Waals surface area contributed by atoms with Crippen LogP contribution in [0, 0.1) is 0 Å². The maximum Gasteiger partial charge on any atom is 0.101 e. The molecule has 0 amide bonds. The molecule has 1 aromatic rings. The predicted molar refractivity (Wildman–Crippen MR) is 57.3 cm³/mol. The zero-order valence-electron chi connectivity index (χ0n) is 8.14. The molecule has 1 atom stereocenters. The summed E-state index contributed by atoms with van der Waals surface area (Å²) >= 11 is 1.77. The molecule has 2 rings (SSSR count). The fraction of sp³-hybridized carbons (Fsp3) is 0.500. The SMILES string of the molecule is CC(N)c1cccnc1SC1COC1. The highest BCUT2D eigenvalue weighted by atomic mass is 32.2. The molecule has 76 valence electrons. The van der Waals surface area contributed by atoms with Gasteiger partial charge in [0.1, 0.15) is 5.03 Å². The van der Waals surface area contributed by atoms with E-state index in [-0.39, 0.29) is 6.04 Å². The molecule has 4 heteroatoms. The van der Waals surface area contributed by atoms with E-state index in [0.29, 0.717) is 5.25 Å². The number of nitrogens with two attached hydrogens (primary N) is 1. The molecule has 1 aliphatic rings. The van der Waals surface area contributed by atoms with Crippen LogP contribution in [0.2, 0.25) is 0 Å². The number of hydrogen-bond acceptors (Lipinski definition) is 4. The molecule has 2 N–H and O–H groups in total. The maximum absolute atomic E-state index is 5.87. The number of nitrogens with zero attached hydrogens (tertiary/aromatic N) is 1. The van der Waals surface area contributed by atoms with Crippen molar-refractivity contribution in [2.75, 3.05) is 13.2 Å². The highest BCUT2D eigenvalue weighted by molar-refractivity contribution is 8.00. The Kier molecular flexibility index (Phi) is 3.05. The van der Waals surface area contributed by atoms with E-state index in [4.69, 9.17) is 10.5 Å². The number of aromatic nitrogens is 1. The quantitative estimate of drug-likeness (QED) is 0.823. The van der Waals surface area contributed by atoms with Gasteiger partial charge in [0.2, 0.25) is 0 Å². The first-order valence-corrected chi connectivity index (χ1v) is 5.60. The number of ether oxygens (including phenoxy) is 1. The van der Waals surface area contributed by atoms with E-state index in [2.05, 4.69) is 4.98 Å². The molecular formula is C10H14N2OS. The van der Waals surface area contributed by atoms with Gasteiger partial charge < -0.3 is 10.5 Å². The number of hydrogen-bond donors (Lipinski definition) is 1. The molecule has 1 aromatic heterocycles. The van der Waals surface area contributed by atoms with E-state index in [1.54, 1.807) is 11.8 Å². The second-order valence-corrected chi connectivity index (χ2v) is 4.75. The molecule has 1 saturated heterocycles. The molecule has 3 nitrogen and oxygen atoms in total. The Hall–Kier alpha value is -0.580. The summed E-state index contributed by atoms with van der Waals surface area (Å²) in [5, 5.41) is 1.61. The van der Waals surface area contributed by atoms with Gasteiger partial charge in [0, 0.05) is 17.8 Å². The van der Waals surface area contributed by atoms with Crippen molar-refractivity contribution in [3.8, 4) is 0 Å². The van der Waals surface area contributed by atoms with Gasteiger partial charge in [-0.1, -0.05) is 17.8 Å². The van der Waals surface area contributed by atoms with Crippen molar-refractivity contribution in [2.45, 2.75) is 23.2 Å². The molecule has 0 aromatic carbocycles. The van der Waals surface area contributed by atoms with Gasteiger partial charge in [0.25, 0.3) is 0 Å². The van der Waals surface area contributed by atoms with Crippen molar-refractivity contribution in [1.82, 2.24) is 4.98 Å². The number of rotatable bonds is 3. The third-order valence-corrected chi connectivity index (χ3v) is 3.35. The van der Waals surface area contributed by atoms with Crippen molar-refractivity contribution in [3.05, 3.63) is 23.9 Å². The lowest BCUT2D eigenvalue weighted by molar-refractivity contribution is 0.0454. The zero-order chi connectivity index (χ0) is 9.97. The summed E-state index contributed by atoms with van der Waals surface area (Å²) in [4.78, 5) is 4.35. The number of thioether (sulfide) groups is 1. The molecule has 1 fully saturated rings. The minimum atomic E-state index is 0.0483. The largest absolute Gasteiger partial charge is 0.379 e. The van der Waals surface area contributed by atoms with Crippen LogP contribution in [0.3, 0.4) is 0 Å². The van der Waals surface area contributed by atoms with Crippen LogP contribution >= 0.6 is 11.8 Å². The van der Waals surface area contributed by atoms with Gasteiger partial charge in [-0.2, -0.15) is 0 Å². The summed E-state index contributed by atoms with van der Waals surface area (Å²) in [5.74, 6) is 0. The van der Waals surface area contributed by atoms with E-state index < -0.39 is 0 Å². The second kappa shape index (κ2) is 4.29. The lowest BCUT2D eigenvalue weighted by Crippen LogP contribution is -2.30. The topological polar surface area (TPSA) is 48.1 Å². The first-order valence-electron chi connectivity index (χ1n) is 4.72. The van der Waals surface area contributed by atoms with Crippen LogP contribution in [0.4, 0.5) is 0 Å². The van der Waals surface area contributed by atoms with Crippen molar-refractivity contribution >= 4 is 11.8 Å². The first-order chi connectivity index (χ1) is 6.77. The lowest BCUT2D eigenvalue weighted by Gasteiger charge is -2.25. The summed E-state index contributed by atoms with van der Waals surface area (Å²) in [6, 6.07) is 4.02. The molecule has 0 spiro atoms. The molecule has 0 radical (unpaired) electrons. The van der Waals surface area contributed by atoms with Gasteiger partial charge in [0.15, 0.2) is 0 Å². The summed E-state index contributed by atoms with van der Waals surface area (Å²) in [6.45, 7) is 3.65. The van der Waals surface area contributed by atoms with Crippen molar-refractivity contribution in [2.24, 2.45) is 5.73 Å². The average Bonchev–Trinajstić information content (AvgIpc) is 2.12. The van der Waals surface area contributed by atoms with Gasteiger partial charge in [-0.3, -0.25) is 0 Å². The average molecular weight is 210 g/mol. The smallest absolute Gasteiger partial charge is 0.101 e. The Morgan fingerprint density at radius 2 is 2.43 bits per heavy atom. The maximum atomic E-state index is 5.87. The highest BCUT2D eigenvalue weighted by Gasteiger charge is 2.21. The molecule has 2 heterocycles. The van der Waals surface area contributed by atoms with Crippen LogP contribution < -0.4 is 5.73 Å². The van der Waals surface area contributed by atoms with E-state index in [1.165, 1.54) is 0 Å². The molecule has 14 heavy (non-hydrogen) atoms. The van der Waals surface area contributed by atoms with E-state index in [0.717, 1.165) is 23.8 Å². The molecule has 0 saturated carbocycles. The van der Waals surface area contributed by atoms with Gasteiger partial charge in [-0.15, -0.1) is 0 Å². The van der Waals surface area contributed by atoms with Crippen LogP contribution in [-0.4, -0.2) is 23.4 Å². The third-order valence-electron chi connectivity index (χ3n) is 2.18. The molecular weight excluding hydrogens is 196 g/mol. The van der Waals surface area contributed by atoms with E-state index >= 15 is 0 Å². The van der Waals surface area contributed by atoms with Crippen molar-refractivity contribution in [1.29, 1.82) is 0 Å². The van der Waals surface area contributed by atoms with Crippen molar-refractivity contribution < 1.29 is 4.74 Å². The Balaban J connectivity index is 2.13. The lowest BCUT2D eigenvalue weighted by atomic mass is 10.2. The molecule has 1 aliphatic heterocycles. The fourth-order valence-corrected chi connectivity index (χ4v) is 2.44. The van der Waals surface area contributed by atoms with Crippen LogP contribution in [0.15, 0.2) is 23.4 Å². The van der Waals surface area contributed by atoms with Gasteiger partial charge >= 0.3 is 0 Å². The van der Waals surface area contributed by atoms with Gasteiger partial charge in [-0.25, -0.2) is 4.98 Å². The highest BCUT2D eigenvalue weighted by Crippen LogP contribution is 2.30. The zero-order valence-corrected chi connectivity index (χ0v) is 8.96. The fourth-order valence-electron chi connectivity index (χ4n) is 1.29. The van der Waals surface area contributed by atoms with Gasteiger partial charge in [-0.05, 0) is 13.0 Å². The number of pyridine rings is 1. The predicted octanol–water partition coefficient (Wildman–Crippen LogP) is 1.59. The summed E-state index contributed by atoms with van der Waals surface area (Å²) in [5.41, 5.74) is 6.99. The first kappa shape index (κ1) is 9.96. The third kappa shape index (κ3) is 2.08. The standard InChI is InChI=1S/C10H14N2OS/c1-7(11)9-3-2-4-12-10(9)14-8-5-13-6-8/h2-4,7-8H,5-6,11H2,1H3. The monoisotopic (exact) mass is 210 g/mol.